The average molecular weight is 335 g/mol. The van der Waals surface area contributed by atoms with Crippen LogP contribution in [0.5, 0.6) is 0 Å². The Balaban J connectivity index is 2.02. The highest BCUT2D eigenvalue weighted by Gasteiger charge is 2.17. The molecule has 0 radical (unpaired) electrons. The first-order chi connectivity index (χ1) is 12.1. The van der Waals surface area contributed by atoms with Crippen LogP contribution in [0.1, 0.15) is 25.3 Å². The zero-order valence-corrected chi connectivity index (χ0v) is 15.2. The summed E-state index contributed by atoms with van der Waals surface area (Å²) in [6.07, 6.45) is 2.11. The maximum atomic E-state index is 12.7. The summed E-state index contributed by atoms with van der Waals surface area (Å²) >= 11 is 0. The number of aromatic nitrogens is 2. The minimum absolute atomic E-state index is 0.117. The molecule has 1 heterocycles. The van der Waals surface area contributed by atoms with Crippen molar-refractivity contribution in [2.75, 3.05) is 13.6 Å². The number of aryl methyl sites for hydroxylation is 1. The van der Waals surface area contributed by atoms with Crippen LogP contribution < -0.4 is 0 Å². The second-order valence-electron chi connectivity index (χ2n) is 6.49. The maximum absolute atomic E-state index is 12.7. The van der Waals surface area contributed by atoms with Crippen molar-refractivity contribution in [3.63, 3.8) is 0 Å². The molecule has 0 saturated carbocycles. The van der Waals surface area contributed by atoms with E-state index in [1.807, 2.05) is 52.9 Å². The quantitative estimate of drug-likeness (QED) is 0.675. The molecule has 4 nitrogen and oxygen atoms in total. The molecule has 0 saturated heterocycles. The molecule has 4 heteroatoms. The SMILES string of the molecule is CCCCN(C)C(=O)Cn1c(-c2ccccc2C)nc2ccccc21. The van der Waals surface area contributed by atoms with Gasteiger partial charge in [0.15, 0.2) is 0 Å². The number of carbonyl (C=O) groups is 1. The van der Waals surface area contributed by atoms with Gasteiger partial charge in [-0.1, -0.05) is 49.7 Å². The number of hydrogen-bond acceptors (Lipinski definition) is 2. The molecule has 0 bridgehead atoms. The molecule has 1 amide bonds. The normalized spacial score (nSPS) is 11.0. The molecule has 25 heavy (non-hydrogen) atoms. The predicted molar refractivity (Wildman–Crippen MR) is 102 cm³/mol. The Kier molecular flexibility index (Phi) is 5.17. The lowest BCUT2D eigenvalue weighted by Gasteiger charge is -2.18. The molecule has 0 unspecified atom stereocenters. The third-order valence-electron chi connectivity index (χ3n) is 4.61. The van der Waals surface area contributed by atoms with Gasteiger partial charge in [0.2, 0.25) is 5.91 Å². The number of imidazole rings is 1. The van der Waals surface area contributed by atoms with Crippen LogP contribution in [0.25, 0.3) is 22.4 Å². The molecule has 1 aromatic heterocycles. The number of rotatable bonds is 6. The highest BCUT2D eigenvalue weighted by Crippen LogP contribution is 2.27. The summed E-state index contributed by atoms with van der Waals surface area (Å²) in [5.74, 6) is 0.975. The molecule has 0 atom stereocenters. The van der Waals surface area contributed by atoms with Gasteiger partial charge >= 0.3 is 0 Å². The third kappa shape index (κ3) is 3.58. The van der Waals surface area contributed by atoms with Crippen molar-refractivity contribution in [3.05, 3.63) is 54.1 Å². The molecule has 0 spiro atoms. The summed E-state index contributed by atoms with van der Waals surface area (Å²) in [6.45, 7) is 5.32. The summed E-state index contributed by atoms with van der Waals surface area (Å²) in [5.41, 5.74) is 4.15. The van der Waals surface area contributed by atoms with E-state index in [1.54, 1.807) is 0 Å². The van der Waals surface area contributed by atoms with E-state index in [4.69, 9.17) is 4.98 Å². The summed E-state index contributed by atoms with van der Waals surface area (Å²) in [5, 5.41) is 0. The van der Waals surface area contributed by atoms with Crippen LogP contribution in [0, 0.1) is 6.92 Å². The second-order valence-corrected chi connectivity index (χ2v) is 6.49. The third-order valence-corrected chi connectivity index (χ3v) is 4.61. The molecule has 0 fully saturated rings. The van der Waals surface area contributed by atoms with Crippen LogP contribution in [0.3, 0.4) is 0 Å². The van der Waals surface area contributed by atoms with Gasteiger partial charge in [0, 0.05) is 19.2 Å². The maximum Gasteiger partial charge on any atom is 0.242 e. The van der Waals surface area contributed by atoms with Crippen molar-refractivity contribution >= 4 is 16.9 Å². The van der Waals surface area contributed by atoms with Crippen LogP contribution >= 0.6 is 0 Å². The minimum atomic E-state index is 0.117. The molecule has 3 rings (SSSR count). The monoisotopic (exact) mass is 335 g/mol. The zero-order chi connectivity index (χ0) is 17.8. The first-order valence-electron chi connectivity index (χ1n) is 8.87. The van der Waals surface area contributed by atoms with E-state index in [0.29, 0.717) is 6.54 Å². The standard InChI is InChI=1S/C21H25N3O/c1-4-5-14-23(3)20(25)15-24-19-13-9-8-12-18(19)22-21(24)17-11-7-6-10-16(17)2/h6-13H,4-5,14-15H2,1-3H3. The number of nitrogens with zero attached hydrogens (tertiary/aromatic N) is 3. The van der Waals surface area contributed by atoms with Crippen molar-refractivity contribution in [2.45, 2.75) is 33.2 Å². The van der Waals surface area contributed by atoms with Gasteiger partial charge < -0.3 is 9.47 Å². The molecule has 2 aromatic carbocycles. The lowest BCUT2D eigenvalue weighted by molar-refractivity contribution is -0.130. The fraction of sp³-hybridized carbons (Fsp3) is 0.333. The lowest BCUT2D eigenvalue weighted by Crippen LogP contribution is -2.31. The van der Waals surface area contributed by atoms with Crippen molar-refractivity contribution in [2.24, 2.45) is 0 Å². The smallest absolute Gasteiger partial charge is 0.242 e. The fourth-order valence-electron chi connectivity index (χ4n) is 3.04. The molecule has 0 aliphatic carbocycles. The highest BCUT2D eigenvalue weighted by atomic mass is 16.2. The predicted octanol–water partition coefficient (Wildman–Crippen LogP) is 4.27. The molecular weight excluding hydrogens is 310 g/mol. The number of hydrogen-bond donors (Lipinski definition) is 0. The second kappa shape index (κ2) is 7.51. The minimum Gasteiger partial charge on any atom is -0.344 e. The number of amides is 1. The largest absolute Gasteiger partial charge is 0.344 e. The van der Waals surface area contributed by atoms with Crippen molar-refractivity contribution < 1.29 is 4.79 Å². The summed E-state index contributed by atoms with van der Waals surface area (Å²) in [4.78, 5) is 19.3. The Hall–Kier alpha value is -2.62. The van der Waals surface area contributed by atoms with Crippen LogP contribution in [-0.4, -0.2) is 34.0 Å². The lowest BCUT2D eigenvalue weighted by atomic mass is 10.1. The van der Waals surface area contributed by atoms with Crippen LogP contribution in [0.2, 0.25) is 0 Å². The van der Waals surface area contributed by atoms with E-state index < -0.39 is 0 Å². The van der Waals surface area contributed by atoms with Gasteiger partial charge in [0.05, 0.1) is 11.0 Å². The van der Waals surface area contributed by atoms with Crippen molar-refractivity contribution in [1.29, 1.82) is 0 Å². The van der Waals surface area contributed by atoms with Crippen LogP contribution in [0.4, 0.5) is 0 Å². The number of fused-ring (bicyclic) bond motifs is 1. The Morgan fingerprint density at radius 3 is 2.60 bits per heavy atom. The summed E-state index contributed by atoms with van der Waals surface area (Å²) in [6, 6.07) is 16.2. The van der Waals surface area contributed by atoms with Gasteiger partial charge in [-0.05, 0) is 31.0 Å². The number of carbonyl (C=O) groups excluding carboxylic acids is 1. The summed E-state index contributed by atoms with van der Waals surface area (Å²) in [7, 11) is 1.88. The Labute approximate surface area is 149 Å². The fourth-order valence-corrected chi connectivity index (χ4v) is 3.04. The Morgan fingerprint density at radius 2 is 1.84 bits per heavy atom. The van der Waals surface area contributed by atoms with Gasteiger partial charge in [-0.25, -0.2) is 4.98 Å². The number of unbranched alkanes of at least 4 members (excludes halogenated alkanes) is 1. The number of likely N-dealkylation sites (N-methyl/N-ethyl adjacent to an activating group) is 1. The molecule has 130 valence electrons. The molecule has 0 N–H and O–H groups in total. The number of para-hydroxylation sites is 2. The van der Waals surface area contributed by atoms with E-state index in [1.165, 1.54) is 0 Å². The van der Waals surface area contributed by atoms with Crippen LogP contribution in [0.15, 0.2) is 48.5 Å². The topological polar surface area (TPSA) is 38.1 Å². The van der Waals surface area contributed by atoms with Gasteiger partial charge in [-0.15, -0.1) is 0 Å². The van der Waals surface area contributed by atoms with Crippen LogP contribution in [-0.2, 0) is 11.3 Å². The Morgan fingerprint density at radius 1 is 1.12 bits per heavy atom. The van der Waals surface area contributed by atoms with Gasteiger partial charge in [-0.2, -0.15) is 0 Å². The molecular formula is C21H25N3O. The zero-order valence-electron chi connectivity index (χ0n) is 15.2. The molecule has 3 aromatic rings. The first-order valence-corrected chi connectivity index (χ1v) is 8.87. The van der Waals surface area contributed by atoms with Gasteiger partial charge in [-0.3, -0.25) is 4.79 Å². The van der Waals surface area contributed by atoms with Crippen molar-refractivity contribution in [1.82, 2.24) is 14.5 Å². The van der Waals surface area contributed by atoms with Gasteiger partial charge in [0.25, 0.3) is 0 Å². The molecule has 0 aliphatic heterocycles. The Bertz CT molecular complexity index is 882. The van der Waals surface area contributed by atoms with E-state index >= 15 is 0 Å². The van der Waals surface area contributed by atoms with E-state index in [2.05, 4.69) is 26.0 Å². The van der Waals surface area contributed by atoms with E-state index in [-0.39, 0.29) is 5.91 Å². The van der Waals surface area contributed by atoms with Crippen molar-refractivity contribution in [3.8, 4) is 11.4 Å². The van der Waals surface area contributed by atoms with E-state index in [9.17, 15) is 4.79 Å². The highest BCUT2D eigenvalue weighted by molar-refractivity contribution is 5.84. The number of benzene rings is 2. The molecule has 0 aliphatic rings. The summed E-state index contributed by atoms with van der Waals surface area (Å²) < 4.78 is 2.04. The first kappa shape index (κ1) is 17.2. The average Bonchev–Trinajstić information content (AvgIpc) is 2.98. The van der Waals surface area contributed by atoms with E-state index in [0.717, 1.165) is 47.4 Å². The van der Waals surface area contributed by atoms with Gasteiger partial charge in [0.1, 0.15) is 12.4 Å².